The van der Waals surface area contributed by atoms with Crippen LogP contribution < -0.4 is 4.74 Å². The molecule has 116 valence electrons. The lowest BCUT2D eigenvalue weighted by atomic mass is 10.1. The van der Waals surface area contributed by atoms with E-state index in [1.54, 1.807) is 11.3 Å². The molecule has 1 fully saturated rings. The van der Waals surface area contributed by atoms with Crippen LogP contribution in [-0.2, 0) is 0 Å². The van der Waals surface area contributed by atoms with Crippen molar-refractivity contribution in [3.63, 3.8) is 0 Å². The maximum Gasteiger partial charge on any atom is 0.254 e. The third-order valence-corrected chi connectivity index (χ3v) is 4.41. The minimum absolute atomic E-state index is 0.111. The first-order valence-electron chi connectivity index (χ1n) is 7.42. The summed E-state index contributed by atoms with van der Waals surface area (Å²) in [6, 6.07) is 3.73. The number of aryl methyl sites for hydroxylation is 2. The minimum atomic E-state index is 0.111. The van der Waals surface area contributed by atoms with Gasteiger partial charge in [-0.1, -0.05) is 0 Å². The van der Waals surface area contributed by atoms with Gasteiger partial charge in [0.1, 0.15) is 11.9 Å². The molecule has 0 aromatic carbocycles. The predicted octanol–water partition coefficient (Wildman–Crippen LogP) is 2.84. The number of piperidine rings is 1. The Balaban J connectivity index is 1.56. The highest BCUT2D eigenvalue weighted by atomic mass is 32.1. The third-order valence-electron chi connectivity index (χ3n) is 3.73. The molecule has 22 heavy (non-hydrogen) atoms. The molecule has 5 nitrogen and oxygen atoms in total. The van der Waals surface area contributed by atoms with E-state index in [2.05, 4.69) is 9.97 Å². The first kappa shape index (κ1) is 15.0. The van der Waals surface area contributed by atoms with Gasteiger partial charge in [-0.25, -0.2) is 4.98 Å². The van der Waals surface area contributed by atoms with E-state index in [0.29, 0.717) is 5.88 Å². The number of carbonyl (C=O) groups excluding carboxylic acids is 1. The van der Waals surface area contributed by atoms with Crippen molar-refractivity contribution in [3.05, 3.63) is 40.0 Å². The van der Waals surface area contributed by atoms with E-state index in [4.69, 9.17) is 4.74 Å². The zero-order valence-corrected chi connectivity index (χ0v) is 13.6. The van der Waals surface area contributed by atoms with Crippen molar-refractivity contribution in [2.75, 3.05) is 13.1 Å². The van der Waals surface area contributed by atoms with E-state index in [1.165, 1.54) is 0 Å². The molecule has 0 N–H and O–H groups in total. The molecular weight excluding hydrogens is 298 g/mol. The third kappa shape index (κ3) is 3.44. The van der Waals surface area contributed by atoms with Gasteiger partial charge in [0.15, 0.2) is 0 Å². The molecular formula is C16H19N3O2S. The van der Waals surface area contributed by atoms with Gasteiger partial charge in [-0.3, -0.25) is 4.79 Å². The highest BCUT2D eigenvalue weighted by Gasteiger charge is 2.25. The fraction of sp³-hybridized carbons (Fsp3) is 0.438. The van der Waals surface area contributed by atoms with Gasteiger partial charge < -0.3 is 9.64 Å². The van der Waals surface area contributed by atoms with Crippen molar-refractivity contribution < 1.29 is 9.53 Å². The number of aromatic nitrogens is 2. The Labute approximate surface area is 134 Å². The molecule has 2 aromatic rings. The van der Waals surface area contributed by atoms with E-state index in [-0.39, 0.29) is 12.0 Å². The van der Waals surface area contributed by atoms with E-state index < -0.39 is 0 Å². The average Bonchev–Trinajstić information content (AvgIpc) is 3.00. The van der Waals surface area contributed by atoms with Gasteiger partial charge in [0.25, 0.3) is 5.91 Å². The molecule has 0 atom stereocenters. The van der Waals surface area contributed by atoms with E-state index in [1.807, 2.05) is 41.6 Å². The van der Waals surface area contributed by atoms with Gasteiger partial charge in [0.05, 0.1) is 5.56 Å². The number of thiophene rings is 1. The summed E-state index contributed by atoms with van der Waals surface area (Å²) >= 11 is 1.55. The van der Waals surface area contributed by atoms with Crippen LogP contribution in [0.5, 0.6) is 5.88 Å². The molecule has 3 heterocycles. The van der Waals surface area contributed by atoms with Crippen LogP contribution in [0.25, 0.3) is 0 Å². The van der Waals surface area contributed by atoms with Crippen molar-refractivity contribution in [2.45, 2.75) is 32.8 Å². The quantitative estimate of drug-likeness (QED) is 0.873. The largest absolute Gasteiger partial charge is 0.474 e. The average molecular weight is 317 g/mol. The fourth-order valence-corrected chi connectivity index (χ4v) is 3.29. The van der Waals surface area contributed by atoms with Crippen LogP contribution in [0.4, 0.5) is 0 Å². The number of hydrogen-bond donors (Lipinski definition) is 0. The molecule has 0 bridgehead atoms. The lowest BCUT2D eigenvalue weighted by Crippen LogP contribution is -2.41. The number of rotatable bonds is 3. The summed E-state index contributed by atoms with van der Waals surface area (Å²) in [6.45, 7) is 5.25. The summed E-state index contributed by atoms with van der Waals surface area (Å²) in [5.74, 6) is 1.47. The summed E-state index contributed by atoms with van der Waals surface area (Å²) in [4.78, 5) is 22.7. The van der Waals surface area contributed by atoms with Crippen LogP contribution in [0.2, 0.25) is 0 Å². The summed E-state index contributed by atoms with van der Waals surface area (Å²) in [6.07, 6.45) is 1.77. The Morgan fingerprint density at radius 3 is 2.73 bits per heavy atom. The molecule has 0 radical (unpaired) electrons. The molecule has 1 amide bonds. The Morgan fingerprint density at radius 1 is 1.32 bits per heavy atom. The van der Waals surface area contributed by atoms with E-state index in [0.717, 1.165) is 43.0 Å². The Bertz CT molecular complexity index is 629. The molecule has 1 aliphatic rings. The molecule has 6 heteroatoms. The second kappa shape index (κ2) is 6.44. The van der Waals surface area contributed by atoms with Crippen LogP contribution in [0, 0.1) is 13.8 Å². The van der Waals surface area contributed by atoms with Crippen LogP contribution in [0.3, 0.4) is 0 Å². The van der Waals surface area contributed by atoms with Gasteiger partial charge in [0, 0.05) is 43.1 Å². The Morgan fingerprint density at radius 2 is 2.09 bits per heavy atom. The number of nitrogens with zero attached hydrogens (tertiary/aromatic N) is 3. The molecule has 0 aliphatic carbocycles. The van der Waals surface area contributed by atoms with Gasteiger partial charge in [-0.15, -0.1) is 0 Å². The smallest absolute Gasteiger partial charge is 0.254 e. The van der Waals surface area contributed by atoms with Gasteiger partial charge in [-0.05, 0) is 25.3 Å². The number of ether oxygens (including phenoxy) is 1. The second-order valence-electron chi connectivity index (χ2n) is 5.52. The number of amides is 1. The Hall–Kier alpha value is -1.95. The van der Waals surface area contributed by atoms with E-state index in [9.17, 15) is 4.79 Å². The maximum atomic E-state index is 12.3. The lowest BCUT2D eigenvalue weighted by Gasteiger charge is -2.31. The molecule has 3 rings (SSSR count). The first-order chi connectivity index (χ1) is 10.6. The normalized spacial score (nSPS) is 15.8. The van der Waals surface area contributed by atoms with Gasteiger partial charge in [-0.2, -0.15) is 16.3 Å². The molecule has 1 saturated heterocycles. The number of hydrogen-bond acceptors (Lipinski definition) is 5. The SMILES string of the molecule is Cc1cc(OC2CCN(C(=O)c3ccsc3)CC2)nc(C)n1. The minimum Gasteiger partial charge on any atom is -0.474 e. The summed E-state index contributed by atoms with van der Waals surface area (Å²) in [5, 5.41) is 3.83. The molecule has 0 spiro atoms. The number of carbonyl (C=O) groups is 1. The summed E-state index contributed by atoms with van der Waals surface area (Å²) < 4.78 is 5.95. The molecule has 0 saturated carbocycles. The van der Waals surface area contributed by atoms with Crippen LogP contribution in [-0.4, -0.2) is 40.0 Å². The molecule has 2 aromatic heterocycles. The molecule has 1 aliphatic heterocycles. The molecule has 0 unspecified atom stereocenters. The van der Waals surface area contributed by atoms with Crippen molar-refractivity contribution in [1.29, 1.82) is 0 Å². The first-order valence-corrected chi connectivity index (χ1v) is 8.36. The highest BCUT2D eigenvalue weighted by molar-refractivity contribution is 7.08. The summed E-state index contributed by atoms with van der Waals surface area (Å²) in [5.41, 5.74) is 1.69. The van der Waals surface area contributed by atoms with Crippen LogP contribution in [0.15, 0.2) is 22.9 Å². The number of likely N-dealkylation sites (tertiary alicyclic amines) is 1. The second-order valence-corrected chi connectivity index (χ2v) is 6.30. The fourth-order valence-electron chi connectivity index (χ4n) is 2.66. The maximum absolute atomic E-state index is 12.3. The van der Waals surface area contributed by atoms with E-state index >= 15 is 0 Å². The summed E-state index contributed by atoms with van der Waals surface area (Å²) in [7, 11) is 0. The highest BCUT2D eigenvalue weighted by Crippen LogP contribution is 2.20. The predicted molar refractivity (Wildman–Crippen MR) is 85.4 cm³/mol. The standard InChI is InChI=1S/C16H19N3O2S/c1-11-9-15(18-12(2)17-11)21-14-3-6-19(7-4-14)16(20)13-5-8-22-10-13/h5,8-10,14H,3-4,6-7H2,1-2H3. The van der Waals surface area contributed by atoms with Crippen molar-refractivity contribution >= 4 is 17.2 Å². The van der Waals surface area contributed by atoms with Crippen molar-refractivity contribution in [3.8, 4) is 5.88 Å². The van der Waals surface area contributed by atoms with Crippen molar-refractivity contribution in [1.82, 2.24) is 14.9 Å². The monoisotopic (exact) mass is 317 g/mol. The van der Waals surface area contributed by atoms with Crippen LogP contribution in [0.1, 0.15) is 34.7 Å². The topological polar surface area (TPSA) is 55.3 Å². The zero-order chi connectivity index (χ0) is 15.5. The zero-order valence-electron chi connectivity index (χ0n) is 12.8. The van der Waals surface area contributed by atoms with Crippen molar-refractivity contribution in [2.24, 2.45) is 0 Å². The van der Waals surface area contributed by atoms with Gasteiger partial charge in [0.2, 0.25) is 5.88 Å². The van der Waals surface area contributed by atoms with Crippen LogP contribution >= 0.6 is 11.3 Å². The lowest BCUT2D eigenvalue weighted by molar-refractivity contribution is 0.0588. The van der Waals surface area contributed by atoms with Gasteiger partial charge >= 0.3 is 0 Å². The Kier molecular flexibility index (Phi) is 4.38.